The number of amides is 1. The van der Waals surface area contributed by atoms with E-state index in [1.54, 1.807) is 23.1 Å². The number of aliphatic hydroxyl groups is 1. The number of carbonyl (C=O) groups is 1. The minimum atomic E-state index is -3.44. The highest BCUT2D eigenvalue weighted by molar-refractivity contribution is 7.92. The minimum absolute atomic E-state index is 0.0477. The van der Waals surface area contributed by atoms with E-state index in [0.717, 1.165) is 25.3 Å². The summed E-state index contributed by atoms with van der Waals surface area (Å²) in [6.07, 6.45) is 7.53. The van der Waals surface area contributed by atoms with E-state index in [4.69, 9.17) is 4.74 Å². The van der Waals surface area contributed by atoms with Crippen LogP contribution in [0.25, 0.3) is 0 Å². The van der Waals surface area contributed by atoms with Gasteiger partial charge in [-0.1, -0.05) is 26.2 Å². The van der Waals surface area contributed by atoms with Gasteiger partial charge >= 0.3 is 0 Å². The molecule has 1 fully saturated rings. The van der Waals surface area contributed by atoms with Crippen LogP contribution in [0.4, 0.5) is 5.69 Å². The topological polar surface area (TPSA) is 99.2 Å². The van der Waals surface area contributed by atoms with Gasteiger partial charge in [-0.25, -0.2) is 8.42 Å². The molecule has 1 aliphatic heterocycles. The number of nitrogens with zero attached hydrogens (tertiary/aromatic N) is 2. The molecule has 2 aliphatic rings. The van der Waals surface area contributed by atoms with Gasteiger partial charge in [0.1, 0.15) is 11.9 Å². The normalized spacial score (nSPS) is 23.5. The van der Waals surface area contributed by atoms with Gasteiger partial charge in [0.15, 0.2) is 0 Å². The highest BCUT2D eigenvalue weighted by Crippen LogP contribution is 2.30. The molecule has 2 N–H and O–H groups in total. The summed E-state index contributed by atoms with van der Waals surface area (Å²) >= 11 is 0. The van der Waals surface area contributed by atoms with E-state index in [1.165, 1.54) is 32.1 Å². The van der Waals surface area contributed by atoms with Crippen molar-refractivity contribution in [1.82, 2.24) is 9.80 Å². The van der Waals surface area contributed by atoms with Crippen molar-refractivity contribution in [3.63, 3.8) is 0 Å². The van der Waals surface area contributed by atoms with Gasteiger partial charge in [-0.2, -0.15) is 0 Å². The molecule has 0 unspecified atom stereocenters. The van der Waals surface area contributed by atoms with Crippen molar-refractivity contribution in [2.45, 2.75) is 64.5 Å². The molecule has 1 saturated carbocycles. The van der Waals surface area contributed by atoms with Gasteiger partial charge in [0, 0.05) is 36.8 Å². The van der Waals surface area contributed by atoms with Crippen molar-refractivity contribution in [3.05, 3.63) is 23.8 Å². The fourth-order valence-electron chi connectivity index (χ4n) is 5.12. The molecule has 1 aromatic rings. The fourth-order valence-corrected chi connectivity index (χ4v) is 5.67. The first-order valence-corrected chi connectivity index (χ1v) is 14.3. The number of ether oxygens (including phenoxy) is 1. The summed E-state index contributed by atoms with van der Waals surface area (Å²) in [6.45, 7) is 6.07. The lowest BCUT2D eigenvalue weighted by Gasteiger charge is -2.35. The van der Waals surface area contributed by atoms with E-state index in [2.05, 4.69) is 23.6 Å². The number of benzene rings is 1. The van der Waals surface area contributed by atoms with Crippen molar-refractivity contribution >= 4 is 21.6 Å². The number of hydrogen-bond acceptors (Lipinski definition) is 6. The molecule has 0 saturated heterocycles. The van der Waals surface area contributed by atoms with Crippen molar-refractivity contribution < 1.29 is 23.1 Å². The molecule has 1 amide bonds. The van der Waals surface area contributed by atoms with Crippen molar-refractivity contribution in [2.24, 2.45) is 11.8 Å². The molecular weight excluding hydrogens is 454 g/mol. The highest BCUT2D eigenvalue weighted by Gasteiger charge is 2.31. The lowest BCUT2D eigenvalue weighted by Crippen LogP contribution is -2.48. The van der Waals surface area contributed by atoms with Crippen molar-refractivity contribution in [1.29, 1.82) is 0 Å². The second-order valence-corrected chi connectivity index (χ2v) is 12.1. The molecule has 0 radical (unpaired) electrons. The van der Waals surface area contributed by atoms with E-state index >= 15 is 0 Å². The summed E-state index contributed by atoms with van der Waals surface area (Å²) < 4.78 is 32.4. The van der Waals surface area contributed by atoms with Gasteiger partial charge < -0.3 is 19.6 Å². The van der Waals surface area contributed by atoms with Crippen LogP contribution in [0.1, 0.15) is 51.5 Å². The lowest BCUT2D eigenvalue weighted by atomic mass is 9.89. The van der Waals surface area contributed by atoms with Gasteiger partial charge in [-0.3, -0.25) is 9.52 Å². The molecule has 1 heterocycles. The molecular formula is C25H41N3O5S. The Morgan fingerprint density at radius 3 is 2.59 bits per heavy atom. The molecule has 0 aromatic heterocycles. The van der Waals surface area contributed by atoms with Crippen LogP contribution in [-0.4, -0.2) is 80.9 Å². The molecule has 34 heavy (non-hydrogen) atoms. The zero-order valence-electron chi connectivity index (χ0n) is 21.0. The third-order valence-corrected chi connectivity index (χ3v) is 7.61. The second kappa shape index (κ2) is 11.7. The Balaban J connectivity index is 1.87. The molecule has 192 valence electrons. The zero-order chi connectivity index (χ0) is 24.9. The number of carbonyl (C=O) groups excluding carboxylic acids is 1. The summed E-state index contributed by atoms with van der Waals surface area (Å²) in [7, 11) is -1.31. The van der Waals surface area contributed by atoms with Crippen LogP contribution in [0.2, 0.25) is 0 Å². The second-order valence-electron chi connectivity index (χ2n) is 10.3. The number of fused-ring (bicyclic) bond motifs is 1. The Kier molecular flexibility index (Phi) is 9.23. The average Bonchev–Trinajstić information content (AvgIpc) is 2.81. The molecule has 9 heteroatoms. The summed E-state index contributed by atoms with van der Waals surface area (Å²) in [5.41, 5.74) is 1.04. The largest absolute Gasteiger partial charge is 0.488 e. The van der Waals surface area contributed by atoms with Crippen molar-refractivity contribution in [2.75, 3.05) is 44.3 Å². The Bertz CT molecular complexity index is 932. The average molecular weight is 496 g/mol. The first-order chi connectivity index (χ1) is 16.1. The summed E-state index contributed by atoms with van der Waals surface area (Å²) in [4.78, 5) is 17.3. The van der Waals surface area contributed by atoms with Crippen LogP contribution >= 0.6 is 0 Å². The number of anilines is 1. The summed E-state index contributed by atoms with van der Waals surface area (Å²) in [5, 5.41) is 9.77. The first kappa shape index (κ1) is 26.8. The number of likely N-dealkylation sites (N-methyl/N-ethyl adjacent to an activating group) is 1. The highest BCUT2D eigenvalue weighted by atomic mass is 32.2. The Hall–Kier alpha value is -1.84. The van der Waals surface area contributed by atoms with Gasteiger partial charge in [0.05, 0.1) is 25.3 Å². The summed E-state index contributed by atoms with van der Waals surface area (Å²) in [5.74, 6) is 1.26. The van der Waals surface area contributed by atoms with E-state index in [0.29, 0.717) is 23.5 Å². The maximum atomic E-state index is 13.2. The molecule has 3 atom stereocenters. The van der Waals surface area contributed by atoms with E-state index < -0.39 is 10.0 Å². The third kappa shape index (κ3) is 7.58. The number of rotatable bonds is 8. The van der Waals surface area contributed by atoms with Gasteiger partial charge in [0.25, 0.3) is 0 Å². The standard InChI is InChI=1S/C25H41N3O5S/c1-18-14-28(19(2)17-29)25(30)13-21-12-22(26-34(4,31)32)10-11-23(21)33-24(18)16-27(3)15-20-8-6-5-7-9-20/h10-12,18-20,24,26,29H,5-9,13-17H2,1-4H3/t18-,19-,24-/m1/s1. The molecule has 8 nitrogen and oxygen atoms in total. The SMILES string of the molecule is C[C@@H]1CN([C@H](C)CO)C(=O)Cc2cc(NS(C)(=O)=O)ccc2O[C@@H]1CN(C)CC1CCCCC1. The quantitative estimate of drug-likeness (QED) is 0.575. The Morgan fingerprint density at radius 2 is 1.94 bits per heavy atom. The van der Waals surface area contributed by atoms with Crippen LogP contribution in [0.15, 0.2) is 18.2 Å². The lowest BCUT2D eigenvalue weighted by molar-refractivity contribution is -0.134. The van der Waals surface area contributed by atoms with Gasteiger partial charge in [-0.05, 0) is 50.9 Å². The van der Waals surface area contributed by atoms with Crippen molar-refractivity contribution in [3.8, 4) is 5.75 Å². The Labute approximate surface area is 204 Å². The van der Waals surface area contributed by atoms with Gasteiger partial charge in [-0.15, -0.1) is 0 Å². The maximum absolute atomic E-state index is 13.2. The number of hydrogen-bond donors (Lipinski definition) is 2. The molecule has 3 rings (SSSR count). The third-order valence-electron chi connectivity index (χ3n) is 7.01. The zero-order valence-corrected chi connectivity index (χ0v) is 21.8. The van der Waals surface area contributed by atoms with E-state index in [9.17, 15) is 18.3 Å². The monoisotopic (exact) mass is 495 g/mol. The van der Waals surface area contributed by atoms with E-state index in [1.807, 2.05) is 6.92 Å². The number of nitrogens with one attached hydrogen (secondary N) is 1. The van der Waals surface area contributed by atoms with Crippen LogP contribution in [-0.2, 0) is 21.2 Å². The van der Waals surface area contributed by atoms with E-state index in [-0.39, 0.29) is 37.0 Å². The molecule has 1 aliphatic carbocycles. The predicted molar refractivity (Wildman–Crippen MR) is 135 cm³/mol. The fraction of sp³-hybridized carbons (Fsp3) is 0.720. The Morgan fingerprint density at radius 1 is 1.24 bits per heavy atom. The number of aliphatic hydroxyl groups excluding tert-OH is 1. The smallest absolute Gasteiger partial charge is 0.229 e. The molecule has 0 spiro atoms. The van der Waals surface area contributed by atoms with Crippen LogP contribution < -0.4 is 9.46 Å². The van der Waals surface area contributed by atoms with Gasteiger partial charge in [0.2, 0.25) is 15.9 Å². The molecule has 1 aromatic carbocycles. The minimum Gasteiger partial charge on any atom is -0.488 e. The number of sulfonamides is 1. The molecule has 0 bridgehead atoms. The maximum Gasteiger partial charge on any atom is 0.229 e. The first-order valence-electron chi connectivity index (χ1n) is 12.4. The predicted octanol–water partition coefficient (Wildman–Crippen LogP) is 2.72. The summed E-state index contributed by atoms with van der Waals surface area (Å²) in [6, 6.07) is 4.79. The van der Waals surface area contributed by atoms with Crippen LogP contribution in [0.3, 0.4) is 0 Å². The van der Waals surface area contributed by atoms with Crippen LogP contribution in [0.5, 0.6) is 5.75 Å². The van der Waals surface area contributed by atoms with Crippen LogP contribution in [0, 0.1) is 11.8 Å².